The first kappa shape index (κ1) is 16.4. The third-order valence-corrected chi connectivity index (χ3v) is 2.37. The van der Waals surface area contributed by atoms with E-state index in [9.17, 15) is 0 Å². The number of hydrogen-bond donors (Lipinski definition) is 0. The second-order valence-electron chi connectivity index (χ2n) is 2.83. The molecule has 0 aromatic carbocycles. The van der Waals surface area contributed by atoms with Crippen LogP contribution < -0.4 is 0 Å². The summed E-state index contributed by atoms with van der Waals surface area (Å²) in [6.07, 6.45) is 15.2. The van der Waals surface area contributed by atoms with Crippen molar-refractivity contribution in [3.05, 3.63) is 24.3 Å². The third-order valence-electron chi connectivity index (χ3n) is 1.61. The fourth-order valence-corrected chi connectivity index (χ4v) is 1.31. The first-order valence-corrected chi connectivity index (χ1v) is 6.32. The van der Waals surface area contributed by atoms with Gasteiger partial charge in [-0.1, -0.05) is 66.7 Å². The first-order chi connectivity index (χ1) is 5.91. The van der Waals surface area contributed by atoms with Crippen LogP contribution in [0.15, 0.2) is 24.3 Å². The minimum absolute atomic E-state index is 0. The molecule has 0 saturated heterocycles. The molecule has 0 amide bonds. The van der Waals surface area contributed by atoms with E-state index in [1.807, 2.05) is 0 Å². The van der Waals surface area contributed by atoms with Gasteiger partial charge in [0.15, 0.2) is 0 Å². The van der Waals surface area contributed by atoms with Gasteiger partial charge in [0.05, 0.1) is 0 Å². The van der Waals surface area contributed by atoms with Crippen molar-refractivity contribution in [2.45, 2.75) is 39.0 Å². The van der Waals surface area contributed by atoms with Crippen molar-refractivity contribution in [1.29, 1.82) is 0 Å². The number of unbranched alkanes of at least 4 members (excludes halogenated alkanes) is 3. The van der Waals surface area contributed by atoms with Crippen LogP contribution in [0.25, 0.3) is 0 Å². The van der Waals surface area contributed by atoms with E-state index in [0.29, 0.717) is 0 Å². The van der Waals surface area contributed by atoms with Crippen LogP contribution in [-0.4, -0.2) is 27.5 Å². The van der Waals surface area contributed by atoms with Gasteiger partial charge in [0, 0.05) is 0 Å². The van der Waals surface area contributed by atoms with Gasteiger partial charge in [-0.15, -0.1) is 0 Å². The molecule has 0 saturated carbocycles. The average Bonchev–Trinajstić information content (AvgIpc) is 2.10. The van der Waals surface area contributed by atoms with Gasteiger partial charge in [0.1, 0.15) is 0 Å². The SMILES string of the molecule is CCCC/C=C\C=C\CCCI.[H-].[H-].[Mg+2]. The molecule has 0 rings (SSSR count). The number of allylic oxidation sites excluding steroid dienone is 4. The Kier molecular flexibility index (Phi) is 19.5. The van der Waals surface area contributed by atoms with Crippen molar-refractivity contribution in [2.75, 3.05) is 4.43 Å². The van der Waals surface area contributed by atoms with Crippen LogP contribution in [0, 0.1) is 0 Å². The van der Waals surface area contributed by atoms with E-state index in [1.54, 1.807) is 0 Å². The molecule has 0 bridgehead atoms. The molecule has 0 aromatic rings. The zero-order valence-electron chi connectivity index (χ0n) is 10.6. The molecule has 0 unspecified atom stereocenters. The summed E-state index contributed by atoms with van der Waals surface area (Å²) < 4.78 is 1.27. The van der Waals surface area contributed by atoms with E-state index in [1.165, 1.54) is 36.5 Å². The van der Waals surface area contributed by atoms with Crippen molar-refractivity contribution in [2.24, 2.45) is 0 Å². The Hall–Kier alpha value is 0.976. The van der Waals surface area contributed by atoms with Gasteiger partial charge in [-0.3, -0.25) is 0 Å². The summed E-state index contributed by atoms with van der Waals surface area (Å²) in [6.45, 7) is 2.23. The van der Waals surface area contributed by atoms with Gasteiger partial charge in [0.2, 0.25) is 0 Å². The van der Waals surface area contributed by atoms with Gasteiger partial charge in [0.25, 0.3) is 0 Å². The second kappa shape index (κ2) is 15.4. The van der Waals surface area contributed by atoms with Crippen LogP contribution in [0.1, 0.15) is 41.9 Å². The van der Waals surface area contributed by atoms with Crippen LogP contribution in [0.5, 0.6) is 0 Å². The molecule has 0 aliphatic rings. The topological polar surface area (TPSA) is 0 Å². The molecular weight excluding hydrogens is 283 g/mol. The van der Waals surface area contributed by atoms with Crippen molar-refractivity contribution in [3.8, 4) is 0 Å². The Morgan fingerprint density at radius 2 is 1.62 bits per heavy atom. The fraction of sp³-hybridized carbons (Fsp3) is 0.636. The Balaban J connectivity index is -0.000000202. The van der Waals surface area contributed by atoms with E-state index < -0.39 is 0 Å². The van der Waals surface area contributed by atoms with Crippen LogP contribution in [0.2, 0.25) is 0 Å². The maximum Gasteiger partial charge on any atom is 2.00 e. The fourth-order valence-electron chi connectivity index (χ4n) is 0.867. The maximum absolute atomic E-state index is 2.41. The van der Waals surface area contributed by atoms with Crippen LogP contribution in [0.4, 0.5) is 0 Å². The smallest absolute Gasteiger partial charge is 1.00 e. The molecule has 0 spiro atoms. The van der Waals surface area contributed by atoms with Crippen molar-refractivity contribution >= 4 is 45.6 Å². The summed E-state index contributed by atoms with van der Waals surface area (Å²) in [7, 11) is 0. The molecule has 0 radical (unpaired) electrons. The van der Waals surface area contributed by atoms with Crippen molar-refractivity contribution in [1.82, 2.24) is 0 Å². The third kappa shape index (κ3) is 15.7. The molecule has 0 heterocycles. The zero-order valence-corrected chi connectivity index (χ0v) is 12.2. The number of hydrogen-bond acceptors (Lipinski definition) is 0. The van der Waals surface area contributed by atoms with Gasteiger partial charge < -0.3 is 2.85 Å². The number of alkyl halides is 1. The van der Waals surface area contributed by atoms with Crippen LogP contribution in [-0.2, 0) is 0 Å². The van der Waals surface area contributed by atoms with E-state index >= 15 is 0 Å². The Morgan fingerprint density at radius 3 is 2.08 bits per heavy atom. The zero-order chi connectivity index (χ0) is 9.07. The normalized spacial score (nSPS) is 10.9. The standard InChI is InChI=1S/C11H19I.Mg.2H/c1-2-3-4-5-6-7-8-9-10-11-12;;;/h5-8H,2-4,9-11H2,1H3;;;/q;+2;2*-1/b6-5-,8-7+;;;. The van der Waals surface area contributed by atoms with E-state index in [4.69, 9.17) is 0 Å². The minimum Gasteiger partial charge on any atom is -1.00 e. The second-order valence-corrected chi connectivity index (χ2v) is 3.91. The molecule has 0 atom stereocenters. The molecule has 0 aliphatic heterocycles. The predicted molar refractivity (Wildman–Crippen MR) is 73.9 cm³/mol. The van der Waals surface area contributed by atoms with Crippen molar-refractivity contribution < 1.29 is 2.85 Å². The Bertz CT molecular complexity index is 123. The number of halogens is 1. The van der Waals surface area contributed by atoms with Crippen LogP contribution >= 0.6 is 22.6 Å². The summed E-state index contributed by atoms with van der Waals surface area (Å²) in [6, 6.07) is 0. The molecule has 13 heavy (non-hydrogen) atoms. The van der Waals surface area contributed by atoms with Crippen LogP contribution in [0.3, 0.4) is 0 Å². The largest absolute Gasteiger partial charge is 2.00 e. The Labute approximate surface area is 116 Å². The molecule has 74 valence electrons. The molecule has 0 aromatic heterocycles. The van der Waals surface area contributed by atoms with Gasteiger partial charge in [-0.25, -0.2) is 0 Å². The molecule has 0 aliphatic carbocycles. The molecule has 0 N–H and O–H groups in total. The monoisotopic (exact) mass is 304 g/mol. The van der Waals surface area contributed by atoms with E-state index in [0.717, 1.165) is 0 Å². The summed E-state index contributed by atoms with van der Waals surface area (Å²) in [5.74, 6) is 0. The van der Waals surface area contributed by atoms with Crippen molar-refractivity contribution in [3.63, 3.8) is 0 Å². The summed E-state index contributed by atoms with van der Waals surface area (Å²) in [5, 5.41) is 0. The van der Waals surface area contributed by atoms with E-state index in [-0.39, 0.29) is 25.9 Å². The Morgan fingerprint density at radius 1 is 1.08 bits per heavy atom. The minimum atomic E-state index is 0. The number of rotatable bonds is 7. The predicted octanol–water partition coefficient (Wildman–Crippen LogP) is 4.35. The molecule has 0 fully saturated rings. The average molecular weight is 304 g/mol. The molecular formula is C11H21IMg. The maximum atomic E-state index is 2.41. The first-order valence-electron chi connectivity index (χ1n) is 4.79. The molecule has 2 heteroatoms. The molecule has 0 nitrogen and oxygen atoms in total. The summed E-state index contributed by atoms with van der Waals surface area (Å²) >= 11 is 2.41. The van der Waals surface area contributed by atoms with Gasteiger partial charge in [-0.05, 0) is 23.7 Å². The van der Waals surface area contributed by atoms with E-state index in [2.05, 4.69) is 53.8 Å². The summed E-state index contributed by atoms with van der Waals surface area (Å²) in [4.78, 5) is 0. The van der Waals surface area contributed by atoms with Gasteiger partial charge >= 0.3 is 23.1 Å². The van der Waals surface area contributed by atoms with Gasteiger partial charge in [-0.2, -0.15) is 0 Å². The quantitative estimate of drug-likeness (QED) is 0.216. The summed E-state index contributed by atoms with van der Waals surface area (Å²) in [5.41, 5.74) is 0.